The van der Waals surface area contributed by atoms with Crippen molar-refractivity contribution in [3.05, 3.63) is 24.3 Å². The largest absolute Gasteiger partial charge is 0.465 e. The maximum Gasteiger partial charge on any atom is 0.316 e. The number of sulfonamides is 1. The van der Waals surface area contributed by atoms with Crippen molar-refractivity contribution in [1.29, 1.82) is 0 Å². The molecule has 1 atom stereocenters. The van der Waals surface area contributed by atoms with E-state index in [1.807, 2.05) is 0 Å². The number of thioether (sulfide) groups is 1. The third kappa shape index (κ3) is 5.95. The normalized spacial score (nSPS) is 12.5. The lowest BCUT2D eigenvalue weighted by molar-refractivity contribution is -0.139. The fourth-order valence-electron chi connectivity index (χ4n) is 2.64. The smallest absolute Gasteiger partial charge is 0.316 e. The number of nitrogen functional groups attached to an aromatic ring is 1. The van der Waals surface area contributed by atoms with Crippen molar-refractivity contribution < 1.29 is 22.7 Å². The van der Waals surface area contributed by atoms with Gasteiger partial charge in [-0.25, -0.2) is 12.7 Å². The maximum atomic E-state index is 12.9. The molecule has 1 aromatic heterocycles. The van der Waals surface area contributed by atoms with Crippen molar-refractivity contribution in [2.45, 2.75) is 36.4 Å². The van der Waals surface area contributed by atoms with Crippen molar-refractivity contribution in [3.63, 3.8) is 0 Å². The Morgan fingerprint density at radius 1 is 1.23 bits per heavy atom. The zero-order valence-corrected chi connectivity index (χ0v) is 19.4. The third-order valence-electron chi connectivity index (χ3n) is 4.22. The highest BCUT2D eigenvalue weighted by molar-refractivity contribution is 7.99. The molecule has 2 rings (SSSR count). The van der Waals surface area contributed by atoms with Crippen LogP contribution in [0.3, 0.4) is 0 Å². The minimum absolute atomic E-state index is 0.00579. The Bertz CT molecular complexity index is 1020. The van der Waals surface area contributed by atoms with E-state index in [2.05, 4.69) is 15.5 Å². The molecule has 11 nitrogen and oxygen atoms in total. The van der Waals surface area contributed by atoms with E-state index in [4.69, 9.17) is 10.5 Å². The van der Waals surface area contributed by atoms with Gasteiger partial charge in [0.1, 0.15) is 6.04 Å². The van der Waals surface area contributed by atoms with Crippen molar-refractivity contribution in [2.75, 3.05) is 37.5 Å². The third-order valence-corrected chi connectivity index (χ3v) is 6.96. The number of anilines is 2. The minimum Gasteiger partial charge on any atom is -0.465 e. The summed E-state index contributed by atoms with van der Waals surface area (Å²) in [6.07, 6.45) is 0.383. The van der Waals surface area contributed by atoms with Crippen LogP contribution in [0.25, 0.3) is 0 Å². The molecule has 0 spiro atoms. The molecule has 13 heteroatoms. The van der Waals surface area contributed by atoms with E-state index < -0.39 is 22.0 Å². The Kier molecular flexibility index (Phi) is 8.42. The zero-order valence-electron chi connectivity index (χ0n) is 17.7. The molecule has 31 heavy (non-hydrogen) atoms. The lowest BCUT2D eigenvalue weighted by Gasteiger charge is -2.19. The van der Waals surface area contributed by atoms with Gasteiger partial charge in [-0.1, -0.05) is 18.7 Å². The fraction of sp³-hybridized carbons (Fsp3) is 0.444. The van der Waals surface area contributed by atoms with Gasteiger partial charge in [0.15, 0.2) is 5.16 Å². The number of nitrogens with zero attached hydrogens (tertiary/aromatic N) is 4. The number of ether oxygens (including phenoxy) is 1. The molecule has 0 saturated carbocycles. The summed E-state index contributed by atoms with van der Waals surface area (Å²) in [6.45, 7) is 3.78. The standard InChI is InChI=1S/C18H26N6O5S2/c1-5-14(24-17(19)21-22-18(24)30-11-15(25)29-6-2)16(26)20-12-7-9-13(10-8-12)31(27,28)23(3)4/h7-10,14H,5-6,11H2,1-4H3,(H2,19,21)(H,20,26). The summed E-state index contributed by atoms with van der Waals surface area (Å²) in [7, 11) is -0.680. The van der Waals surface area contributed by atoms with Crippen LogP contribution in [-0.2, 0) is 24.3 Å². The van der Waals surface area contributed by atoms with E-state index in [-0.39, 0.29) is 29.1 Å². The second-order valence-electron chi connectivity index (χ2n) is 6.53. The molecule has 1 amide bonds. The van der Waals surface area contributed by atoms with Gasteiger partial charge in [-0.05, 0) is 37.6 Å². The molecule has 2 aromatic rings. The molecule has 1 unspecified atom stereocenters. The minimum atomic E-state index is -3.56. The highest BCUT2D eigenvalue weighted by Gasteiger charge is 2.26. The van der Waals surface area contributed by atoms with Crippen molar-refractivity contribution >= 4 is 45.3 Å². The Balaban J connectivity index is 2.18. The fourth-order valence-corrected chi connectivity index (χ4v) is 4.33. The lowest BCUT2D eigenvalue weighted by Crippen LogP contribution is -2.27. The predicted octanol–water partition coefficient (Wildman–Crippen LogP) is 1.36. The van der Waals surface area contributed by atoms with Gasteiger partial charge in [-0.2, -0.15) is 0 Å². The average Bonchev–Trinajstić information content (AvgIpc) is 3.08. The molecule has 0 aliphatic rings. The van der Waals surface area contributed by atoms with Crippen LogP contribution < -0.4 is 11.1 Å². The lowest BCUT2D eigenvalue weighted by atomic mass is 10.2. The Hall–Kier alpha value is -2.64. The number of amides is 1. The number of carbonyl (C=O) groups is 2. The van der Waals surface area contributed by atoms with Gasteiger partial charge in [-0.3, -0.25) is 14.2 Å². The van der Waals surface area contributed by atoms with Gasteiger partial charge in [0.25, 0.3) is 0 Å². The van der Waals surface area contributed by atoms with Crippen LogP contribution in [0.1, 0.15) is 26.3 Å². The number of carbonyl (C=O) groups excluding carboxylic acids is 2. The maximum absolute atomic E-state index is 12.9. The summed E-state index contributed by atoms with van der Waals surface area (Å²) < 4.78 is 31.8. The van der Waals surface area contributed by atoms with Crippen LogP contribution in [0, 0.1) is 0 Å². The molecule has 170 valence electrons. The first-order chi connectivity index (χ1) is 14.6. The monoisotopic (exact) mass is 470 g/mol. The van der Waals surface area contributed by atoms with Gasteiger partial charge >= 0.3 is 5.97 Å². The molecular weight excluding hydrogens is 444 g/mol. The van der Waals surface area contributed by atoms with Crippen LogP contribution in [-0.4, -0.2) is 65.8 Å². The van der Waals surface area contributed by atoms with Gasteiger partial charge in [-0.15, -0.1) is 10.2 Å². The van der Waals surface area contributed by atoms with Crippen molar-refractivity contribution in [2.24, 2.45) is 0 Å². The average molecular weight is 471 g/mol. The number of nitrogens with one attached hydrogen (secondary N) is 1. The molecule has 0 aliphatic carbocycles. The number of rotatable bonds is 10. The van der Waals surface area contributed by atoms with E-state index in [0.717, 1.165) is 16.1 Å². The first kappa shape index (κ1) is 24.6. The Morgan fingerprint density at radius 2 is 1.87 bits per heavy atom. The Labute approximate surface area is 185 Å². The van der Waals surface area contributed by atoms with Crippen molar-refractivity contribution in [1.82, 2.24) is 19.1 Å². The summed E-state index contributed by atoms with van der Waals surface area (Å²) >= 11 is 1.07. The number of nitrogens with two attached hydrogens (primary N) is 1. The van der Waals surface area contributed by atoms with Crippen LogP contribution in [0.4, 0.5) is 11.6 Å². The van der Waals surface area contributed by atoms with Gasteiger partial charge in [0.2, 0.25) is 21.9 Å². The van der Waals surface area contributed by atoms with Crippen LogP contribution >= 0.6 is 11.8 Å². The highest BCUT2D eigenvalue weighted by Crippen LogP contribution is 2.26. The summed E-state index contributed by atoms with van der Waals surface area (Å²) in [5, 5.41) is 10.8. The van der Waals surface area contributed by atoms with Crippen LogP contribution in [0.5, 0.6) is 0 Å². The molecule has 3 N–H and O–H groups in total. The van der Waals surface area contributed by atoms with E-state index in [1.54, 1.807) is 13.8 Å². The first-order valence-electron chi connectivity index (χ1n) is 9.44. The van der Waals surface area contributed by atoms with E-state index in [9.17, 15) is 18.0 Å². The molecule has 0 bridgehead atoms. The zero-order chi connectivity index (χ0) is 23.2. The first-order valence-corrected chi connectivity index (χ1v) is 11.9. The van der Waals surface area contributed by atoms with Gasteiger partial charge < -0.3 is 15.8 Å². The van der Waals surface area contributed by atoms with E-state index >= 15 is 0 Å². The molecular formula is C18H26N6O5S2. The number of benzene rings is 1. The molecule has 1 heterocycles. The van der Waals surface area contributed by atoms with Gasteiger partial charge in [0.05, 0.1) is 17.3 Å². The summed E-state index contributed by atoms with van der Waals surface area (Å²) in [5.41, 5.74) is 6.34. The Morgan fingerprint density at radius 3 is 2.42 bits per heavy atom. The topological polar surface area (TPSA) is 150 Å². The number of aromatic nitrogens is 3. The van der Waals surface area contributed by atoms with Crippen LogP contribution in [0.15, 0.2) is 34.3 Å². The second kappa shape index (κ2) is 10.6. The SMILES string of the molecule is CCOC(=O)CSc1nnc(N)n1C(CC)C(=O)Nc1ccc(S(=O)(=O)N(C)C)cc1. The summed E-state index contributed by atoms with van der Waals surface area (Å²) in [6, 6.07) is 5.11. The van der Waals surface area contributed by atoms with Crippen LogP contribution in [0.2, 0.25) is 0 Å². The number of hydrogen-bond donors (Lipinski definition) is 2. The quantitative estimate of drug-likeness (QED) is 0.387. The second-order valence-corrected chi connectivity index (χ2v) is 9.62. The van der Waals surface area contributed by atoms with Crippen molar-refractivity contribution in [3.8, 4) is 0 Å². The highest BCUT2D eigenvalue weighted by atomic mass is 32.2. The molecule has 0 aliphatic heterocycles. The van der Waals surface area contributed by atoms with Gasteiger partial charge in [0, 0.05) is 19.8 Å². The number of hydrogen-bond acceptors (Lipinski definition) is 9. The summed E-state index contributed by atoms with van der Waals surface area (Å²) in [5.74, 6) is -0.742. The molecule has 0 saturated heterocycles. The molecule has 1 aromatic carbocycles. The number of esters is 1. The molecule has 0 fully saturated rings. The summed E-state index contributed by atoms with van der Waals surface area (Å²) in [4.78, 5) is 24.7. The van der Waals surface area contributed by atoms with E-state index in [0.29, 0.717) is 17.3 Å². The van der Waals surface area contributed by atoms with E-state index in [1.165, 1.54) is 42.9 Å². The predicted molar refractivity (Wildman–Crippen MR) is 117 cm³/mol. The molecule has 0 radical (unpaired) electrons.